The second-order valence-corrected chi connectivity index (χ2v) is 20.0. The SMILES string of the molecule is C=CCCCCC1CCC(C(=O)Oc2ccc(/C=C/C(=O)CC(Cc3ccc(N)cc3)(Cc3ccc(N)cc3)C(O)(O)C(=O)/C=C/c3ccc(OC(=O)C4CCC(CCCCC=C)CC4)cc3)cc2)CC1. The molecular weight excluding hydrogens is 889 g/mol. The molecule has 0 bridgehead atoms. The van der Waals surface area contributed by atoms with Crippen LogP contribution in [0.15, 0.2) is 135 Å². The molecule has 0 unspecified atom stereocenters. The number of ketones is 2. The average molecular weight is 963 g/mol. The van der Waals surface area contributed by atoms with Gasteiger partial charge in [-0.2, -0.15) is 0 Å². The highest BCUT2D eigenvalue weighted by Gasteiger charge is 2.54. The number of anilines is 2. The number of ether oxygens (including phenoxy) is 2. The van der Waals surface area contributed by atoms with Crippen LogP contribution < -0.4 is 20.9 Å². The van der Waals surface area contributed by atoms with Gasteiger partial charge in [0.25, 0.3) is 0 Å². The van der Waals surface area contributed by atoms with Gasteiger partial charge in [-0.1, -0.05) is 98.5 Å². The number of aliphatic hydroxyl groups is 2. The standard InChI is InChI=1S/C61H74N2O8/c1-3-5-7-9-11-44-13-27-50(28-14-44)58(66)70-55-36-22-46(23-37-55)21-35-54(64)43-60(41-48-17-31-52(62)32-18-48,42-49-19-33-53(63)34-20-49)61(68,69)57(65)40-26-47-24-38-56(39-25-47)71-59(67)51-29-15-45(16-30-51)12-10-8-6-4-2/h3-4,17-26,31-40,44-45,50-51,68-69H,1-2,5-16,27-30,41-43,62-63H2/b35-21+,40-26+. The summed E-state index contributed by atoms with van der Waals surface area (Å²) in [6, 6.07) is 27.2. The van der Waals surface area contributed by atoms with E-state index in [4.69, 9.17) is 20.9 Å². The van der Waals surface area contributed by atoms with Gasteiger partial charge in [0.2, 0.25) is 11.6 Å². The van der Waals surface area contributed by atoms with Gasteiger partial charge in [-0.25, -0.2) is 0 Å². The lowest BCUT2D eigenvalue weighted by Gasteiger charge is -2.42. The summed E-state index contributed by atoms with van der Waals surface area (Å²) in [5.74, 6) is -3.18. The fraction of sp³-hybridized carbons (Fsp3) is 0.410. The molecule has 0 amide bonds. The largest absolute Gasteiger partial charge is 0.426 e. The Hall–Kier alpha value is -6.36. The molecule has 6 N–H and O–H groups in total. The number of hydrogen-bond acceptors (Lipinski definition) is 10. The van der Waals surface area contributed by atoms with Crippen LogP contribution in [-0.4, -0.2) is 39.5 Å². The number of benzene rings is 4. The van der Waals surface area contributed by atoms with Crippen molar-refractivity contribution in [3.05, 3.63) is 157 Å². The Bertz CT molecular complexity index is 2370. The van der Waals surface area contributed by atoms with Crippen LogP contribution in [0, 0.1) is 29.1 Å². The molecule has 0 aromatic heterocycles. The quantitative estimate of drug-likeness (QED) is 0.00900. The number of rotatable bonds is 26. The Kier molecular flexibility index (Phi) is 20.3. The third kappa shape index (κ3) is 16.3. The molecule has 4 aromatic rings. The van der Waals surface area contributed by atoms with Crippen LogP contribution in [0.1, 0.15) is 131 Å². The van der Waals surface area contributed by atoms with Crippen LogP contribution in [0.25, 0.3) is 12.2 Å². The van der Waals surface area contributed by atoms with Crippen molar-refractivity contribution in [2.45, 2.75) is 128 Å². The molecule has 10 nitrogen and oxygen atoms in total. The molecule has 2 aliphatic carbocycles. The highest BCUT2D eigenvalue weighted by molar-refractivity contribution is 6.01. The van der Waals surface area contributed by atoms with Crippen molar-refractivity contribution in [2.75, 3.05) is 11.5 Å². The Morgan fingerprint density at radius 3 is 1.34 bits per heavy atom. The highest BCUT2D eigenvalue weighted by Crippen LogP contribution is 2.43. The number of allylic oxidation sites excluding steroid dienone is 3. The van der Waals surface area contributed by atoms with E-state index in [-0.39, 0.29) is 36.6 Å². The third-order valence-corrected chi connectivity index (χ3v) is 14.6. The summed E-state index contributed by atoms with van der Waals surface area (Å²) >= 11 is 0. The minimum atomic E-state index is -3.06. The van der Waals surface area contributed by atoms with Crippen LogP contribution >= 0.6 is 0 Å². The molecule has 2 aliphatic rings. The Labute approximate surface area is 420 Å². The minimum Gasteiger partial charge on any atom is -0.426 e. The molecule has 0 aliphatic heterocycles. The summed E-state index contributed by atoms with van der Waals surface area (Å²) < 4.78 is 11.5. The number of esters is 2. The van der Waals surface area contributed by atoms with Crippen LogP contribution in [0.2, 0.25) is 0 Å². The molecule has 0 radical (unpaired) electrons. The molecule has 4 aromatic carbocycles. The van der Waals surface area contributed by atoms with Gasteiger partial charge in [0.15, 0.2) is 5.78 Å². The van der Waals surface area contributed by atoms with E-state index in [0.717, 1.165) is 83.1 Å². The second-order valence-electron chi connectivity index (χ2n) is 20.0. The van der Waals surface area contributed by atoms with Crippen molar-refractivity contribution in [3.8, 4) is 11.5 Å². The molecule has 2 saturated carbocycles. The van der Waals surface area contributed by atoms with Crippen LogP contribution in [0.3, 0.4) is 0 Å². The maximum absolute atomic E-state index is 14.2. The zero-order chi connectivity index (χ0) is 50.6. The van der Waals surface area contributed by atoms with E-state index < -0.39 is 29.2 Å². The first kappa shape index (κ1) is 54.0. The van der Waals surface area contributed by atoms with Gasteiger partial charge in [-0.3, -0.25) is 19.2 Å². The maximum Gasteiger partial charge on any atom is 0.314 e. The second kappa shape index (κ2) is 26.7. The first-order valence-electron chi connectivity index (χ1n) is 25.7. The molecule has 0 atom stereocenters. The maximum atomic E-state index is 14.2. The van der Waals surface area contributed by atoms with Crippen molar-refractivity contribution in [3.63, 3.8) is 0 Å². The predicted octanol–water partition coefficient (Wildman–Crippen LogP) is 12.2. The lowest BCUT2D eigenvalue weighted by atomic mass is 9.65. The Morgan fingerprint density at radius 2 is 0.944 bits per heavy atom. The van der Waals surface area contributed by atoms with Crippen molar-refractivity contribution in [1.29, 1.82) is 0 Å². The average Bonchev–Trinajstić information content (AvgIpc) is 3.37. The molecular formula is C61H74N2O8. The molecule has 0 spiro atoms. The minimum absolute atomic E-state index is 0.0846. The number of carbonyl (C=O) groups excluding carboxylic acids is 4. The first-order valence-corrected chi connectivity index (χ1v) is 25.7. The Balaban J connectivity index is 1.13. The smallest absolute Gasteiger partial charge is 0.314 e. The van der Waals surface area contributed by atoms with Crippen LogP contribution in [-0.2, 0) is 32.0 Å². The van der Waals surface area contributed by atoms with E-state index in [9.17, 15) is 29.4 Å². The van der Waals surface area contributed by atoms with Crippen LogP contribution in [0.5, 0.6) is 11.5 Å². The zero-order valence-corrected chi connectivity index (χ0v) is 41.4. The number of nitrogens with two attached hydrogens (primary N) is 2. The summed E-state index contributed by atoms with van der Waals surface area (Å²) in [6.07, 6.45) is 25.3. The van der Waals surface area contributed by atoms with Gasteiger partial charge in [0.05, 0.1) is 11.8 Å². The molecule has 0 saturated heterocycles. The van der Waals surface area contributed by atoms with Gasteiger partial charge >= 0.3 is 11.9 Å². The highest BCUT2D eigenvalue weighted by atomic mass is 16.5. The van der Waals surface area contributed by atoms with Gasteiger partial charge in [-0.05, 0) is 185 Å². The normalized spacial score (nSPS) is 18.5. The molecule has 376 valence electrons. The zero-order valence-electron chi connectivity index (χ0n) is 41.4. The molecule has 71 heavy (non-hydrogen) atoms. The molecule has 6 rings (SSSR count). The summed E-state index contributed by atoms with van der Waals surface area (Å²) in [6.45, 7) is 7.60. The van der Waals surface area contributed by atoms with E-state index >= 15 is 0 Å². The van der Waals surface area contributed by atoms with Crippen molar-refractivity contribution < 1.29 is 38.9 Å². The number of nitrogen functional groups attached to an aromatic ring is 2. The number of hydrogen-bond donors (Lipinski definition) is 4. The van der Waals surface area contributed by atoms with E-state index in [1.54, 1.807) is 103 Å². The van der Waals surface area contributed by atoms with Gasteiger partial charge in [-0.15, -0.1) is 13.2 Å². The summed E-state index contributed by atoms with van der Waals surface area (Å²) in [5.41, 5.74) is 13.7. The molecule has 0 heterocycles. The monoisotopic (exact) mass is 963 g/mol. The number of carbonyl (C=O) groups is 4. The number of unbranched alkanes of at least 4 members (excludes halogenated alkanes) is 4. The first-order chi connectivity index (χ1) is 34.2. The molecule has 2 fully saturated rings. The van der Waals surface area contributed by atoms with Gasteiger partial charge < -0.3 is 31.2 Å². The Morgan fingerprint density at radius 1 is 0.549 bits per heavy atom. The van der Waals surface area contributed by atoms with E-state index in [0.29, 0.717) is 57.0 Å². The lowest BCUT2D eigenvalue weighted by molar-refractivity contribution is -0.230. The summed E-state index contributed by atoms with van der Waals surface area (Å²) in [4.78, 5) is 54.6. The van der Waals surface area contributed by atoms with Crippen molar-refractivity contribution in [1.82, 2.24) is 0 Å². The van der Waals surface area contributed by atoms with Gasteiger partial charge in [0.1, 0.15) is 11.5 Å². The van der Waals surface area contributed by atoms with Gasteiger partial charge in [0, 0.05) is 23.2 Å². The fourth-order valence-corrected chi connectivity index (χ4v) is 10.3. The van der Waals surface area contributed by atoms with E-state index in [1.807, 2.05) is 12.2 Å². The van der Waals surface area contributed by atoms with Crippen molar-refractivity contribution >= 4 is 47.0 Å². The lowest BCUT2D eigenvalue weighted by Crippen LogP contribution is -2.57. The summed E-state index contributed by atoms with van der Waals surface area (Å²) in [7, 11) is 0. The van der Waals surface area contributed by atoms with Crippen molar-refractivity contribution in [2.24, 2.45) is 29.1 Å². The topological polar surface area (TPSA) is 179 Å². The van der Waals surface area contributed by atoms with E-state index in [1.165, 1.54) is 37.8 Å². The fourth-order valence-electron chi connectivity index (χ4n) is 10.3. The predicted molar refractivity (Wildman–Crippen MR) is 284 cm³/mol. The third-order valence-electron chi connectivity index (χ3n) is 14.6. The molecule has 10 heteroatoms. The summed E-state index contributed by atoms with van der Waals surface area (Å²) in [5, 5.41) is 24.5. The van der Waals surface area contributed by atoms with Crippen LogP contribution in [0.4, 0.5) is 11.4 Å². The van der Waals surface area contributed by atoms with E-state index in [2.05, 4.69) is 13.2 Å².